The number of carbonyl (C=O) groups excluding carboxylic acids is 1. The van der Waals surface area contributed by atoms with Crippen LogP contribution in [0.5, 0.6) is 17.2 Å². The Bertz CT molecular complexity index is 956. The number of aryl methyl sites for hydroxylation is 2. The predicted molar refractivity (Wildman–Crippen MR) is 121 cm³/mol. The van der Waals surface area contributed by atoms with Crippen molar-refractivity contribution in [3.8, 4) is 17.2 Å². The molecule has 1 fully saturated rings. The van der Waals surface area contributed by atoms with E-state index < -0.39 is 0 Å². The van der Waals surface area contributed by atoms with Crippen LogP contribution in [0.25, 0.3) is 6.08 Å². The Morgan fingerprint density at radius 2 is 1.90 bits per heavy atom. The Labute approximate surface area is 180 Å². The van der Waals surface area contributed by atoms with Gasteiger partial charge in [0, 0.05) is 12.0 Å². The maximum atomic E-state index is 12.0. The first-order chi connectivity index (χ1) is 14.0. The van der Waals surface area contributed by atoms with E-state index in [-0.39, 0.29) is 5.91 Å². The number of methoxy groups -OCH3 is 1. The largest absolute Gasteiger partial charge is 0.493 e. The van der Waals surface area contributed by atoms with E-state index in [9.17, 15) is 4.79 Å². The minimum atomic E-state index is -0.198. The summed E-state index contributed by atoms with van der Waals surface area (Å²) in [6.45, 7) is 5.08. The lowest BCUT2D eigenvalue weighted by Gasteiger charge is -2.14. The van der Waals surface area contributed by atoms with Crippen molar-refractivity contribution in [2.75, 3.05) is 20.3 Å². The second-order valence-electron chi connectivity index (χ2n) is 6.55. The Morgan fingerprint density at radius 1 is 1.10 bits per heavy atom. The molecule has 0 aliphatic carbocycles. The first-order valence-corrected chi connectivity index (χ1v) is 10.4. The molecule has 1 heterocycles. The summed E-state index contributed by atoms with van der Waals surface area (Å²) in [7, 11) is 1.59. The van der Waals surface area contributed by atoms with Crippen LogP contribution in [0.15, 0.2) is 41.3 Å². The van der Waals surface area contributed by atoms with Crippen molar-refractivity contribution in [3.05, 3.63) is 58.0 Å². The van der Waals surface area contributed by atoms with Crippen LogP contribution < -0.4 is 19.5 Å². The van der Waals surface area contributed by atoms with Gasteiger partial charge in [0.1, 0.15) is 10.1 Å². The van der Waals surface area contributed by atoms with E-state index >= 15 is 0 Å². The third-order valence-corrected chi connectivity index (χ3v) is 5.46. The molecule has 2 aromatic rings. The van der Waals surface area contributed by atoms with Gasteiger partial charge in [-0.25, -0.2) is 0 Å². The third kappa shape index (κ3) is 5.52. The molecule has 3 rings (SSSR count). The summed E-state index contributed by atoms with van der Waals surface area (Å²) in [5, 5.41) is 2.62. The van der Waals surface area contributed by atoms with Crippen LogP contribution in [0.3, 0.4) is 0 Å². The van der Waals surface area contributed by atoms with E-state index in [1.807, 2.05) is 38.1 Å². The number of rotatable bonds is 8. The van der Waals surface area contributed by atoms with Gasteiger partial charge in [-0.15, -0.1) is 0 Å². The molecular weight excluding hydrogens is 406 g/mol. The van der Waals surface area contributed by atoms with E-state index in [2.05, 4.69) is 17.4 Å². The number of ether oxygens (including phenoxy) is 3. The minimum absolute atomic E-state index is 0.198. The highest BCUT2D eigenvalue weighted by atomic mass is 32.2. The highest BCUT2D eigenvalue weighted by Crippen LogP contribution is 2.35. The summed E-state index contributed by atoms with van der Waals surface area (Å²) < 4.78 is 17.8. The van der Waals surface area contributed by atoms with Crippen LogP contribution in [0, 0.1) is 13.8 Å². The normalized spacial score (nSPS) is 14.8. The molecule has 1 saturated heterocycles. The molecular formula is C22H23NO4S2. The molecule has 7 heteroatoms. The van der Waals surface area contributed by atoms with Crippen molar-refractivity contribution in [1.82, 2.24) is 5.32 Å². The van der Waals surface area contributed by atoms with Crippen LogP contribution >= 0.6 is 24.0 Å². The number of amides is 1. The maximum Gasteiger partial charge on any atom is 0.263 e. The second-order valence-corrected chi connectivity index (χ2v) is 8.27. The van der Waals surface area contributed by atoms with E-state index in [4.69, 9.17) is 26.4 Å². The van der Waals surface area contributed by atoms with Crippen molar-refractivity contribution in [2.45, 2.75) is 20.3 Å². The van der Waals surface area contributed by atoms with Crippen LogP contribution in [0.1, 0.15) is 23.1 Å². The fourth-order valence-corrected chi connectivity index (χ4v) is 3.84. The number of benzene rings is 2. The Kier molecular flexibility index (Phi) is 7.17. The van der Waals surface area contributed by atoms with E-state index in [0.717, 1.165) is 16.9 Å². The number of para-hydroxylation sites is 1. The lowest BCUT2D eigenvalue weighted by Crippen LogP contribution is -2.17. The predicted octanol–water partition coefficient (Wildman–Crippen LogP) is 4.65. The highest BCUT2D eigenvalue weighted by Gasteiger charge is 2.23. The van der Waals surface area contributed by atoms with Gasteiger partial charge in [-0.1, -0.05) is 48.2 Å². The zero-order valence-electron chi connectivity index (χ0n) is 16.6. The van der Waals surface area contributed by atoms with Gasteiger partial charge in [-0.2, -0.15) is 0 Å². The third-order valence-electron chi connectivity index (χ3n) is 4.29. The van der Waals surface area contributed by atoms with Gasteiger partial charge in [-0.05, 0) is 43.2 Å². The molecule has 152 valence electrons. The number of carbonyl (C=O) groups is 1. The summed E-state index contributed by atoms with van der Waals surface area (Å²) in [6.07, 6.45) is 2.48. The van der Waals surface area contributed by atoms with Gasteiger partial charge in [0.25, 0.3) is 5.91 Å². The molecule has 0 radical (unpaired) electrons. The number of hydrogen-bond donors (Lipinski definition) is 1. The zero-order valence-corrected chi connectivity index (χ0v) is 18.2. The van der Waals surface area contributed by atoms with Crippen LogP contribution in [-0.4, -0.2) is 30.6 Å². The first-order valence-electron chi connectivity index (χ1n) is 9.22. The minimum Gasteiger partial charge on any atom is -0.493 e. The van der Waals surface area contributed by atoms with Gasteiger partial charge < -0.3 is 19.5 Å². The molecule has 0 saturated carbocycles. The van der Waals surface area contributed by atoms with Gasteiger partial charge in [0.2, 0.25) is 0 Å². The molecule has 2 aromatic carbocycles. The van der Waals surface area contributed by atoms with Gasteiger partial charge in [0.05, 0.1) is 25.2 Å². The summed E-state index contributed by atoms with van der Waals surface area (Å²) in [6, 6.07) is 11.7. The molecule has 1 aliphatic rings. The molecule has 1 aliphatic heterocycles. The van der Waals surface area contributed by atoms with E-state index in [1.165, 1.54) is 17.3 Å². The average molecular weight is 430 g/mol. The molecule has 0 unspecified atom stereocenters. The van der Waals surface area contributed by atoms with Gasteiger partial charge >= 0.3 is 0 Å². The molecule has 5 nitrogen and oxygen atoms in total. The quantitative estimate of drug-likeness (QED) is 0.375. The van der Waals surface area contributed by atoms with Crippen LogP contribution in [0.4, 0.5) is 0 Å². The van der Waals surface area contributed by atoms with E-state index in [0.29, 0.717) is 40.4 Å². The topological polar surface area (TPSA) is 56.8 Å². The van der Waals surface area contributed by atoms with Crippen LogP contribution in [0.2, 0.25) is 0 Å². The standard InChI is InChI=1S/C22H23NO4S2/c1-14-8-9-15(2)18(12-14)26-10-5-11-27-20-16(6-4-7-17(20)25-3)13-19-21(24)23-22(28)29-19/h4,6-9,12-13H,5,10-11H2,1-3H3,(H,23,24,28). The van der Waals surface area contributed by atoms with Crippen molar-refractivity contribution < 1.29 is 19.0 Å². The Hall–Kier alpha value is -2.51. The average Bonchev–Trinajstić information content (AvgIpc) is 3.01. The number of thiocarbonyl (C=S) groups is 1. The van der Waals surface area contributed by atoms with E-state index in [1.54, 1.807) is 13.2 Å². The fraction of sp³-hybridized carbons (Fsp3) is 0.273. The Balaban J connectivity index is 1.64. The summed E-state index contributed by atoms with van der Waals surface area (Å²) in [5.41, 5.74) is 3.05. The lowest BCUT2D eigenvalue weighted by atomic mass is 10.1. The SMILES string of the molecule is COc1cccc(C=C2SC(=S)NC2=O)c1OCCCOc1cc(C)ccc1C. The molecule has 1 N–H and O–H groups in total. The number of nitrogens with one attached hydrogen (secondary N) is 1. The van der Waals surface area contributed by atoms with Crippen molar-refractivity contribution in [3.63, 3.8) is 0 Å². The van der Waals surface area contributed by atoms with Crippen molar-refractivity contribution >= 4 is 40.3 Å². The summed E-state index contributed by atoms with van der Waals surface area (Å²) in [5.74, 6) is 1.91. The maximum absolute atomic E-state index is 12.0. The first kappa shape index (κ1) is 21.2. The lowest BCUT2D eigenvalue weighted by molar-refractivity contribution is -0.115. The molecule has 0 aromatic heterocycles. The second kappa shape index (κ2) is 9.80. The number of thioether (sulfide) groups is 1. The monoisotopic (exact) mass is 429 g/mol. The zero-order chi connectivity index (χ0) is 20.8. The van der Waals surface area contributed by atoms with Gasteiger partial charge in [0.15, 0.2) is 11.5 Å². The van der Waals surface area contributed by atoms with Crippen molar-refractivity contribution in [2.24, 2.45) is 0 Å². The highest BCUT2D eigenvalue weighted by molar-refractivity contribution is 8.26. The van der Waals surface area contributed by atoms with Gasteiger partial charge in [-0.3, -0.25) is 4.79 Å². The molecule has 0 bridgehead atoms. The molecule has 0 spiro atoms. The van der Waals surface area contributed by atoms with Crippen molar-refractivity contribution in [1.29, 1.82) is 0 Å². The Morgan fingerprint density at radius 3 is 2.62 bits per heavy atom. The number of hydrogen-bond acceptors (Lipinski definition) is 6. The summed E-state index contributed by atoms with van der Waals surface area (Å²) >= 11 is 6.29. The smallest absolute Gasteiger partial charge is 0.263 e. The molecule has 29 heavy (non-hydrogen) atoms. The molecule has 0 atom stereocenters. The van der Waals surface area contributed by atoms with Crippen LogP contribution in [-0.2, 0) is 4.79 Å². The molecule has 1 amide bonds. The fourth-order valence-electron chi connectivity index (χ4n) is 2.80. The summed E-state index contributed by atoms with van der Waals surface area (Å²) in [4.78, 5) is 12.5.